The van der Waals surface area contributed by atoms with Crippen molar-refractivity contribution in [2.24, 2.45) is 5.92 Å². The summed E-state index contributed by atoms with van der Waals surface area (Å²) in [7, 11) is 0. The van der Waals surface area contributed by atoms with Crippen molar-refractivity contribution in [3.05, 3.63) is 11.6 Å². The Bertz CT molecular complexity index is 274. The monoisotopic (exact) mass is 264 g/mol. The van der Waals surface area contributed by atoms with Crippen LogP contribution in [0.5, 0.6) is 0 Å². The molecular weight excluding hydrogens is 244 g/mol. The van der Waals surface area contributed by atoms with Crippen LogP contribution in [0.4, 0.5) is 0 Å². The summed E-state index contributed by atoms with van der Waals surface area (Å²) < 4.78 is 0. The number of halogens is 1. The molecule has 1 atom stereocenters. The van der Waals surface area contributed by atoms with Crippen molar-refractivity contribution in [2.45, 2.75) is 46.0 Å². The first-order valence-electron chi connectivity index (χ1n) is 5.68. The third kappa shape index (κ3) is 8.74. The average molecular weight is 265 g/mol. The molecule has 0 aliphatic carbocycles. The molecule has 0 aliphatic rings. The van der Waals surface area contributed by atoms with Gasteiger partial charge in [-0.1, -0.05) is 39.5 Å². The van der Waals surface area contributed by atoms with Crippen LogP contribution in [0.3, 0.4) is 0 Å². The predicted octanol–water partition coefficient (Wildman–Crippen LogP) is 3.11. The molecule has 0 rings (SSSR count). The van der Waals surface area contributed by atoms with Crippen LogP contribution in [0.25, 0.3) is 0 Å². The fourth-order valence-electron chi connectivity index (χ4n) is 1.61. The molecule has 0 aromatic carbocycles. The zero-order valence-electron chi connectivity index (χ0n) is 10.3. The Labute approximate surface area is 108 Å². The molecule has 0 amide bonds. The standard InChI is InChI=1S/C12H20O4.ClH/c1-3-5-6-9(4-2)7-10(12(15)16)8-11(13)14;/h8-9H,3-7H2,1-2H3,(H,13,14)(H,15,16);1H/b10-8-;. The largest absolute Gasteiger partial charge is 0.478 e. The van der Waals surface area contributed by atoms with Gasteiger partial charge in [-0.25, -0.2) is 9.59 Å². The summed E-state index contributed by atoms with van der Waals surface area (Å²) in [5.41, 5.74) is -0.00421. The molecule has 100 valence electrons. The number of carboxylic acids is 2. The SMILES string of the molecule is CCCCC(CC)C/C(=C/C(=O)O)C(=O)O.Cl. The molecule has 5 heteroatoms. The second kappa shape index (κ2) is 10.1. The van der Waals surface area contributed by atoms with Crippen LogP contribution in [0, 0.1) is 5.92 Å². The Morgan fingerprint density at radius 1 is 1.24 bits per heavy atom. The molecule has 0 bridgehead atoms. The minimum Gasteiger partial charge on any atom is -0.478 e. The Morgan fingerprint density at radius 2 is 1.82 bits per heavy atom. The second-order valence-corrected chi connectivity index (χ2v) is 3.93. The van der Waals surface area contributed by atoms with E-state index in [1.165, 1.54) is 0 Å². The molecule has 17 heavy (non-hydrogen) atoms. The van der Waals surface area contributed by atoms with Gasteiger partial charge in [-0.3, -0.25) is 0 Å². The molecule has 0 heterocycles. The zero-order valence-corrected chi connectivity index (χ0v) is 11.1. The van der Waals surface area contributed by atoms with Gasteiger partial charge < -0.3 is 10.2 Å². The summed E-state index contributed by atoms with van der Waals surface area (Å²) in [4.78, 5) is 21.3. The normalized spacial score (nSPS) is 12.7. The first-order valence-corrected chi connectivity index (χ1v) is 5.68. The summed E-state index contributed by atoms with van der Waals surface area (Å²) in [5.74, 6) is -2.05. The van der Waals surface area contributed by atoms with Crippen molar-refractivity contribution in [1.29, 1.82) is 0 Å². The van der Waals surface area contributed by atoms with Gasteiger partial charge in [0.2, 0.25) is 0 Å². The van der Waals surface area contributed by atoms with E-state index in [0.717, 1.165) is 31.8 Å². The summed E-state index contributed by atoms with van der Waals surface area (Å²) in [6.07, 6.45) is 5.11. The lowest BCUT2D eigenvalue weighted by Crippen LogP contribution is -2.09. The molecule has 0 fully saturated rings. The first kappa shape index (κ1) is 18.3. The van der Waals surface area contributed by atoms with Gasteiger partial charge in [0.15, 0.2) is 0 Å². The van der Waals surface area contributed by atoms with Crippen LogP contribution in [-0.4, -0.2) is 22.2 Å². The number of carboxylic acid groups (broad SMARTS) is 2. The Morgan fingerprint density at radius 3 is 2.18 bits per heavy atom. The lowest BCUT2D eigenvalue weighted by molar-refractivity contribution is -0.135. The highest BCUT2D eigenvalue weighted by Crippen LogP contribution is 2.21. The summed E-state index contributed by atoms with van der Waals surface area (Å²) in [6.45, 7) is 4.08. The first-order chi connectivity index (χ1) is 7.51. The van der Waals surface area contributed by atoms with E-state index >= 15 is 0 Å². The van der Waals surface area contributed by atoms with E-state index in [4.69, 9.17) is 10.2 Å². The highest BCUT2D eigenvalue weighted by Gasteiger charge is 2.15. The topological polar surface area (TPSA) is 74.6 Å². The molecule has 4 nitrogen and oxygen atoms in total. The van der Waals surface area contributed by atoms with Crippen LogP contribution in [-0.2, 0) is 9.59 Å². The smallest absolute Gasteiger partial charge is 0.331 e. The third-order valence-electron chi connectivity index (χ3n) is 2.62. The molecule has 0 radical (unpaired) electrons. The van der Waals surface area contributed by atoms with Gasteiger partial charge in [-0.05, 0) is 12.3 Å². The van der Waals surface area contributed by atoms with Crippen molar-refractivity contribution >= 4 is 24.3 Å². The number of unbranched alkanes of at least 4 members (excludes halogenated alkanes) is 1. The molecule has 0 aliphatic heterocycles. The third-order valence-corrected chi connectivity index (χ3v) is 2.62. The molecule has 0 spiro atoms. The van der Waals surface area contributed by atoms with E-state index in [2.05, 4.69) is 6.92 Å². The minimum atomic E-state index is -1.19. The second-order valence-electron chi connectivity index (χ2n) is 3.93. The maximum atomic E-state index is 10.8. The quantitative estimate of drug-likeness (QED) is 0.661. The zero-order chi connectivity index (χ0) is 12.6. The summed E-state index contributed by atoms with van der Waals surface area (Å²) in [5, 5.41) is 17.4. The summed E-state index contributed by atoms with van der Waals surface area (Å²) in [6, 6.07) is 0. The fourth-order valence-corrected chi connectivity index (χ4v) is 1.61. The molecular formula is C12H21ClO4. The van der Waals surface area contributed by atoms with Crippen molar-refractivity contribution in [1.82, 2.24) is 0 Å². The highest BCUT2D eigenvalue weighted by atomic mass is 35.5. The van der Waals surface area contributed by atoms with Crippen molar-refractivity contribution in [3.63, 3.8) is 0 Å². The number of carbonyl (C=O) groups is 2. The van der Waals surface area contributed by atoms with Crippen LogP contribution in [0.15, 0.2) is 11.6 Å². The van der Waals surface area contributed by atoms with Crippen molar-refractivity contribution in [3.8, 4) is 0 Å². The Kier molecular flexibility index (Phi) is 10.9. The van der Waals surface area contributed by atoms with Crippen LogP contribution in [0.2, 0.25) is 0 Å². The number of aliphatic carboxylic acids is 2. The molecule has 2 N–H and O–H groups in total. The van der Waals surface area contributed by atoms with Gasteiger partial charge in [0, 0.05) is 11.6 Å². The number of hydrogen-bond acceptors (Lipinski definition) is 2. The maximum absolute atomic E-state index is 10.8. The highest BCUT2D eigenvalue weighted by molar-refractivity contribution is 5.94. The van der Waals surface area contributed by atoms with E-state index < -0.39 is 11.9 Å². The Balaban J connectivity index is 0. The van der Waals surface area contributed by atoms with Gasteiger partial charge in [0.25, 0.3) is 0 Å². The van der Waals surface area contributed by atoms with Gasteiger partial charge >= 0.3 is 11.9 Å². The average Bonchev–Trinajstić information content (AvgIpc) is 2.21. The van der Waals surface area contributed by atoms with Gasteiger partial charge in [0.05, 0.1) is 0 Å². The van der Waals surface area contributed by atoms with E-state index in [-0.39, 0.29) is 23.9 Å². The van der Waals surface area contributed by atoms with Crippen molar-refractivity contribution < 1.29 is 19.8 Å². The summed E-state index contributed by atoms with van der Waals surface area (Å²) >= 11 is 0. The molecule has 0 aromatic heterocycles. The van der Waals surface area contributed by atoms with Crippen LogP contribution >= 0.6 is 12.4 Å². The Hall–Kier alpha value is -1.03. The maximum Gasteiger partial charge on any atom is 0.331 e. The predicted molar refractivity (Wildman–Crippen MR) is 68.5 cm³/mol. The van der Waals surface area contributed by atoms with Gasteiger partial charge in [0.1, 0.15) is 0 Å². The van der Waals surface area contributed by atoms with Crippen LogP contribution < -0.4 is 0 Å². The van der Waals surface area contributed by atoms with E-state index in [9.17, 15) is 9.59 Å². The van der Waals surface area contributed by atoms with Gasteiger partial charge in [-0.2, -0.15) is 0 Å². The molecule has 0 saturated heterocycles. The molecule has 0 saturated carbocycles. The lowest BCUT2D eigenvalue weighted by Gasteiger charge is -2.14. The van der Waals surface area contributed by atoms with Gasteiger partial charge in [-0.15, -0.1) is 12.4 Å². The van der Waals surface area contributed by atoms with E-state index in [1.54, 1.807) is 0 Å². The van der Waals surface area contributed by atoms with E-state index in [0.29, 0.717) is 6.42 Å². The van der Waals surface area contributed by atoms with Crippen molar-refractivity contribution in [2.75, 3.05) is 0 Å². The molecule has 0 aromatic rings. The molecule has 1 unspecified atom stereocenters. The van der Waals surface area contributed by atoms with E-state index in [1.807, 2.05) is 6.92 Å². The fraction of sp³-hybridized carbons (Fsp3) is 0.667. The number of rotatable bonds is 8. The number of hydrogen-bond donors (Lipinski definition) is 2. The minimum absolute atomic E-state index is 0. The lowest BCUT2D eigenvalue weighted by atomic mass is 9.92. The van der Waals surface area contributed by atoms with Crippen LogP contribution in [0.1, 0.15) is 46.0 Å².